The van der Waals surface area contributed by atoms with Crippen molar-refractivity contribution in [1.29, 1.82) is 0 Å². The zero-order valence-electron chi connectivity index (χ0n) is 24.4. The van der Waals surface area contributed by atoms with Crippen LogP contribution in [0.1, 0.15) is 27.9 Å². The highest BCUT2D eigenvalue weighted by atomic mass is 35.5. The van der Waals surface area contributed by atoms with Gasteiger partial charge in [0.05, 0.1) is 37.0 Å². The number of amides is 2. The Kier molecular flexibility index (Phi) is 8.07. The smallest absolute Gasteiger partial charge is 0.410 e. The first-order chi connectivity index (χ1) is 21.3. The molecule has 0 aliphatic carbocycles. The third kappa shape index (κ3) is 5.40. The van der Waals surface area contributed by atoms with Crippen LogP contribution in [0.15, 0.2) is 65.6 Å². The second kappa shape index (κ2) is 12.1. The fraction of sp³-hybridized carbons (Fsp3) is 0.281. The molecule has 0 saturated carbocycles. The molecule has 0 spiro atoms. The number of benzene rings is 2. The van der Waals surface area contributed by atoms with Crippen LogP contribution in [0.4, 0.5) is 10.5 Å². The minimum atomic E-state index is -0.529. The van der Waals surface area contributed by atoms with Crippen molar-refractivity contribution in [3.8, 4) is 28.3 Å². The van der Waals surface area contributed by atoms with Gasteiger partial charge in [-0.3, -0.25) is 14.5 Å². The number of carbonyl (C=O) groups is 2. The molecule has 226 valence electrons. The van der Waals surface area contributed by atoms with E-state index in [2.05, 4.69) is 10.4 Å². The van der Waals surface area contributed by atoms with Gasteiger partial charge >= 0.3 is 6.09 Å². The van der Waals surface area contributed by atoms with Gasteiger partial charge in [-0.15, -0.1) is 0 Å². The van der Waals surface area contributed by atoms with Crippen molar-refractivity contribution in [2.24, 2.45) is 7.05 Å². The SMILES string of the molecule is COc1nc(-c2cccc(-c3cccc(NC(=O)c4ccnn(C)c4=O)c3C)c2Cl)ccc1CN1C(=O)O[C@H]2COCC[C@H]21. The maximum Gasteiger partial charge on any atom is 0.410 e. The number of aromatic nitrogens is 3. The third-order valence-electron chi connectivity index (χ3n) is 8.03. The minimum absolute atomic E-state index is 0.00926. The first-order valence-corrected chi connectivity index (χ1v) is 14.5. The standard InChI is InChI=1S/C32H30ClN5O6/c1-18-20(6-5-9-24(18)35-29(39)23-12-14-34-37(2)31(23)40)21-7-4-8-22(28(21)33)25-11-10-19(30(36-25)42-3)16-38-26-13-15-43-17-27(26)44-32(38)41/h4-12,14,26-27H,13,15-17H2,1-3H3,(H,35,39)/t26-,27+/m1/s1. The number of hydrogen-bond donors (Lipinski definition) is 1. The maximum atomic E-state index is 12.9. The van der Waals surface area contributed by atoms with Crippen LogP contribution in [-0.2, 0) is 23.1 Å². The monoisotopic (exact) mass is 615 g/mol. The second-order valence-corrected chi connectivity index (χ2v) is 11.0. The van der Waals surface area contributed by atoms with E-state index in [0.29, 0.717) is 54.0 Å². The number of nitrogens with zero attached hydrogens (tertiary/aromatic N) is 4. The molecule has 4 aromatic rings. The van der Waals surface area contributed by atoms with Gasteiger partial charge < -0.3 is 19.5 Å². The summed E-state index contributed by atoms with van der Waals surface area (Å²) < 4.78 is 17.7. The predicted octanol–water partition coefficient (Wildman–Crippen LogP) is 4.84. The Morgan fingerprint density at radius 1 is 1.09 bits per heavy atom. The van der Waals surface area contributed by atoms with Gasteiger partial charge in [0.25, 0.3) is 11.5 Å². The van der Waals surface area contributed by atoms with E-state index in [0.717, 1.165) is 26.9 Å². The number of fused-ring (bicyclic) bond motifs is 1. The molecule has 6 rings (SSSR count). The number of carbonyl (C=O) groups excluding carboxylic acids is 2. The van der Waals surface area contributed by atoms with Gasteiger partial charge in [-0.25, -0.2) is 14.5 Å². The fourth-order valence-electron chi connectivity index (χ4n) is 5.65. The van der Waals surface area contributed by atoms with Crippen LogP contribution in [0.5, 0.6) is 5.88 Å². The van der Waals surface area contributed by atoms with Gasteiger partial charge in [0.2, 0.25) is 5.88 Å². The Bertz CT molecular complexity index is 1830. The first kappa shape index (κ1) is 29.3. The van der Waals surface area contributed by atoms with Crippen LogP contribution in [0.25, 0.3) is 22.4 Å². The summed E-state index contributed by atoms with van der Waals surface area (Å²) in [6.45, 7) is 3.15. The van der Waals surface area contributed by atoms with E-state index in [-0.39, 0.29) is 23.8 Å². The number of aryl methyl sites for hydroxylation is 1. The lowest BCUT2D eigenvalue weighted by Crippen LogP contribution is -2.42. The van der Waals surface area contributed by atoms with E-state index in [1.54, 1.807) is 11.0 Å². The molecule has 2 aromatic carbocycles. The number of pyridine rings is 1. The van der Waals surface area contributed by atoms with Gasteiger partial charge in [0.15, 0.2) is 0 Å². The highest BCUT2D eigenvalue weighted by molar-refractivity contribution is 6.36. The van der Waals surface area contributed by atoms with E-state index >= 15 is 0 Å². The van der Waals surface area contributed by atoms with Crippen molar-refractivity contribution in [3.63, 3.8) is 0 Å². The fourth-order valence-corrected chi connectivity index (χ4v) is 5.98. The van der Waals surface area contributed by atoms with Crippen molar-refractivity contribution < 1.29 is 23.8 Å². The van der Waals surface area contributed by atoms with Crippen LogP contribution >= 0.6 is 11.6 Å². The van der Waals surface area contributed by atoms with Gasteiger partial charge in [-0.05, 0) is 48.7 Å². The van der Waals surface area contributed by atoms with Gasteiger partial charge in [-0.1, -0.05) is 41.9 Å². The molecular formula is C32H30ClN5O6. The summed E-state index contributed by atoms with van der Waals surface area (Å²) in [7, 11) is 3.03. The Hall–Kier alpha value is -4.74. The number of anilines is 1. The average molecular weight is 616 g/mol. The lowest BCUT2D eigenvalue weighted by Gasteiger charge is -2.28. The second-order valence-electron chi connectivity index (χ2n) is 10.6. The molecule has 2 fully saturated rings. The van der Waals surface area contributed by atoms with Gasteiger partial charge in [0.1, 0.15) is 11.7 Å². The zero-order chi connectivity index (χ0) is 31.0. The Labute approximate surface area is 258 Å². The van der Waals surface area contributed by atoms with E-state index in [4.69, 9.17) is 30.8 Å². The lowest BCUT2D eigenvalue weighted by molar-refractivity contribution is -0.00816. The van der Waals surface area contributed by atoms with E-state index < -0.39 is 11.5 Å². The van der Waals surface area contributed by atoms with Crippen molar-refractivity contribution in [2.45, 2.75) is 32.0 Å². The van der Waals surface area contributed by atoms with Crippen molar-refractivity contribution in [1.82, 2.24) is 19.7 Å². The summed E-state index contributed by atoms with van der Waals surface area (Å²) in [5.41, 5.74) is 4.40. The number of rotatable bonds is 7. The predicted molar refractivity (Wildman–Crippen MR) is 164 cm³/mol. The van der Waals surface area contributed by atoms with Crippen LogP contribution < -0.4 is 15.6 Å². The van der Waals surface area contributed by atoms with E-state index in [9.17, 15) is 14.4 Å². The van der Waals surface area contributed by atoms with Crippen LogP contribution in [0.2, 0.25) is 5.02 Å². The third-order valence-corrected chi connectivity index (χ3v) is 8.43. The average Bonchev–Trinajstić information content (AvgIpc) is 3.34. The molecule has 0 unspecified atom stereocenters. The topological polar surface area (TPSA) is 125 Å². The molecule has 2 atom stereocenters. The largest absolute Gasteiger partial charge is 0.481 e. The summed E-state index contributed by atoms with van der Waals surface area (Å²) in [6, 6.07) is 16.2. The summed E-state index contributed by atoms with van der Waals surface area (Å²) in [6.07, 6.45) is 1.47. The summed E-state index contributed by atoms with van der Waals surface area (Å²) in [4.78, 5) is 44.4. The molecule has 2 aliphatic rings. The molecule has 0 radical (unpaired) electrons. The molecular weight excluding hydrogens is 586 g/mol. The molecule has 2 aliphatic heterocycles. The number of hydrogen-bond acceptors (Lipinski definition) is 8. The Morgan fingerprint density at radius 3 is 2.68 bits per heavy atom. The molecule has 4 heterocycles. The molecule has 12 heteroatoms. The number of halogens is 1. The zero-order valence-corrected chi connectivity index (χ0v) is 25.1. The molecule has 1 N–H and O–H groups in total. The first-order valence-electron chi connectivity index (χ1n) is 14.1. The van der Waals surface area contributed by atoms with Crippen LogP contribution in [-0.4, -0.2) is 64.1 Å². The summed E-state index contributed by atoms with van der Waals surface area (Å²) in [5.74, 6) is -0.144. The number of methoxy groups -OCH3 is 1. The Balaban J connectivity index is 1.28. The lowest BCUT2D eigenvalue weighted by atomic mass is 9.96. The van der Waals surface area contributed by atoms with Crippen molar-refractivity contribution in [2.75, 3.05) is 25.6 Å². The molecule has 2 amide bonds. The van der Waals surface area contributed by atoms with E-state index in [1.807, 2.05) is 49.4 Å². The Morgan fingerprint density at radius 2 is 1.86 bits per heavy atom. The normalized spacial score (nSPS) is 17.6. The quantitative estimate of drug-likeness (QED) is 0.313. The number of nitrogens with one attached hydrogen (secondary N) is 1. The number of ether oxygens (including phenoxy) is 3. The van der Waals surface area contributed by atoms with Crippen molar-refractivity contribution in [3.05, 3.63) is 92.9 Å². The summed E-state index contributed by atoms with van der Waals surface area (Å²) in [5, 5.41) is 7.19. The maximum absolute atomic E-state index is 12.9. The summed E-state index contributed by atoms with van der Waals surface area (Å²) >= 11 is 7.01. The van der Waals surface area contributed by atoms with Gasteiger partial charge in [0, 0.05) is 42.2 Å². The molecule has 44 heavy (non-hydrogen) atoms. The van der Waals surface area contributed by atoms with E-state index in [1.165, 1.54) is 26.4 Å². The van der Waals surface area contributed by atoms with Crippen LogP contribution in [0.3, 0.4) is 0 Å². The van der Waals surface area contributed by atoms with Crippen LogP contribution in [0, 0.1) is 6.92 Å². The van der Waals surface area contributed by atoms with Crippen molar-refractivity contribution >= 4 is 29.3 Å². The molecule has 0 bridgehead atoms. The molecule has 11 nitrogen and oxygen atoms in total. The molecule has 2 saturated heterocycles. The molecule has 2 aromatic heterocycles. The highest BCUT2D eigenvalue weighted by Gasteiger charge is 2.43. The minimum Gasteiger partial charge on any atom is -0.481 e. The van der Waals surface area contributed by atoms with Gasteiger partial charge in [-0.2, -0.15) is 5.10 Å². The highest BCUT2D eigenvalue weighted by Crippen LogP contribution is 2.39.